The van der Waals surface area contributed by atoms with Gasteiger partial charge in [-0.05, 0) is 31.9 Å². The van der Waals surface area contributed by atoms with Crippen molar-refractivity contribution in [3.8, 4) is 17.2 Å². The van der Waals surface area contributed by atoms with Gasteiger partial charge in [-0.25, -0.2) is 13.1 Å². The van der Waals surface area contributed by atoms with E-state index in [1.165, 1.54) is 24.3 Å². The van der Waals surface area contributed by atoms with Crippen LogP contribution in [0.25, 0.3) is 0 Å². The number of ether oxygens (including phenoxy) is 1. The lowest BCUT2D eigenvalue weighted by molar-refractivity contribution is -0.384. The number of phenolic OH excluding ortho intramolecular Hbond substituents is 1. The molecule has 0 heterocycles. The van der Waals surface area contributed by atoms with Crippen LogP contribution in [0.4, 0.5) is 5.69 Å². The molecule has 1 fully saturated rings. The maximum atomic E-state index is 12.3. The van der Waals surface area contributed by atoms with Crippen molar-refractivity contribution in [1.29, 1.82) is 0 Å². The molecule has 8 nitrogen and oxygen atoms in total. The summed E-state index contributed by atoms with van der Waals surface area (Å²) in [6.07, 6.45) is 1.52. The number of phenols is 1. The molecule has 138 valence electrons. The number of halogens is 1. The van der Waals surface area contributed by atoms with Gasteiger partial charge in [-0.15, -0.1) is 0 Å². The van der Waals surface area contributed by atoms with Crippen LogP contribution in [0.1, 0.15) is 18.4 Å². The van der Waals surface area contributed by atoms with Crippen LogP contribution in [0.5, 0.6) is 17.2 Å². The van der Waals surface area contributed by atoms with Gasteiger partial charge in [-0.2, -0.15) is 0 Å². The van der Waals surface area contributed by atoms with Gasteiger partial charge in [0.2, 0.25) is 10.0 Å². The van der Waals surface area contributed by atoms with Crippen LogP contribution in [-0.2, 0) is 10.0 Å². The van der Waals surface area contributed by atoms with E-state index < -0.39 is 20.7 Å². The van der Waals surface area contributed by atoms with Crippen LogP contribution in [0.2, 0.25) is 5.02 Å². The summed E-state index contributed by atoms with van der Waals surface area (Å²) in [6.45, 7) is 1.58. The molecule has 2 aromatic carbocycles. The van der Waals surface area contributed by atoms with Gasteiger partial charge in [0.05, 0.1) is 9.95 Å². The summed E-state index contributed by atoms with van der Waals surface area (Å²) in [6, 6.07) is 6.09. The number of hydrogen-bond donors (Lipinski definition) is 2. The van der Waals surface area contributed by atoms with E-state index in [4.69, 9.17) is 16.3 Å². The smallest absolute Gasteiger partial charge is 0.271 e. The van der Waals surface area contributed by atoms with E-state index in [1.54, 1.807) is 6.92 Å². The molecule has 2 N–H and O–H groups in total. The van der Waals surface area contributed by atoms with E-state index in [0.29, 0.717) is 5.56 Å². The van der Waals surface area contributed by atoms with Crippen molar-refractivity contribution in [2.45, 2.75) is 30.7 Å². The molecule has 0 amide bonds. The number of hydrogen-bond acceptors (Lipinski definition) is 6. The second-order valence-corrected chi connectivity index (χ2v) is 8.05. The second kappa shape index (κ2) is 6.75. The third-order valence-electron chi connectivity index (χ3n) is 3.76. The summed E-state index contributed by atoms with van der Waals surface area (Å²) in [4.78, 5) is 9.99. The van der Waals surface area contributed by atoms with Gasteiger partial charge in [0.15, 0.2) is 0 Å². The first-order valence-corrected chi connectivity index (χ1v) is 9.51. The Morgan fingerprint density at radius 3 is 2.58 bits per heavy atom. The van der Waals surface area contributed by atoms with Crippen LogP contribution in [-0.4, -0.2) is 24.5 Å². The first-order valence-electron chi connectivity index (χ1n) is 7.65. The third-order valence-corrected chi connectivity index (χ3v) is 5.60. The molecule has 1 aliphatic rings. The van der Waals surface area contributed by atoms with Gasteiger partial charge < -0.3 is 9.84 Å². The Hall–Kier alpha value is -2.36. The predicted octanol–water partition coefficient (Wildman–Crippen LogP) is 3.50. The lowest BCUT2D eigenvalue weighted by atomic mass is 10.2. The van der Waals surface area contributed by atoms with Gasteiger partial charge in [-0.1, -0.05) is 11.6 Å². The third kappa shape index (κ3) is 3.90. The number of nitro benzene ring substituents is 1. The molecule has 1 saturated carbocycles. The molecular weight excluding hydrogens is 384 g/mol. The molecule has 1 aliphatic carbocycles. The second-order valence-electron chi connectivity index (χ2n) is 5.96. The van der Waals surface area contributed by atoms with E-state index in [0.717, 1.165) is 18.9 Å². The van der Waals surface area contributed by atoms with Crippen LogP contribution in [0.3, 0.4) is 0 Å². The van der Waals surface area contributed by atoms with Crippen molar-refractivity contribution >= 4 is 27.3 Å². The highest BCUT2D eigenvalue weighted by Gasteiger charge is 2.30. The topological polar surface area (TPSA) is 119 Å². The van der Waals surface area contributed by atoms with Crippen molar-refractivity contribution in [3.63, 3.8) is 0 Å². The molecule has 2 aromatic rings. The van der Waals surface area contributed by atoms with E-state index in [1.807, 2.05) is 0 Å². The molecule has 0 unspecified atom stereocenters. The van der Waals surface area contributed by atoms with Gasteiger partial charge in [0.25, 0.3) is 5.69 Å². The first-order chi connectivity index (χ1) is 12.2. The normalized spacial score (nSPS) is 14.2. The number of rotatable bonds is 6. The highest BCUT2D eigenvalue weighted by atomic mass is 35.5. The minimum atomic E-state index is -3.88. The lowest BCUT2D eigenvalue weighted by Crippen LogP contribution is -2.25. The molecule has 0 bridgehead atoms. The zero-order valence-corrected chi connectivity index (χ0v) is 15.2. The first kappa shape index (κ1) is 18.4. The van der Waals surface area contributed by atoms with Gasteiger partial charge in [-0.3, -0.25) is 10.1 Å². The zero-order valence-electron chi connectivity index (χ0n) is 13.6. The van der Waals surface area contributed by atoms with Gasteiger partial charge in [0, 0.05) is 29.8 Å². The quantitative estimate of drug-likeness (QED) is 0.567. The SMILES string of the molecule is Cc1cc([N+](=O)[O-])cc(Cl)c1Oc1ccc(O)c(S(=O)(=O)NC2CC2)c1. The molecule has 26 heavy (non-hydrogen) atoms. The lowest BCUT2D eigenvalue weighted by Gasteiger charge is -2.13. The maximum Gasteiger partial charge on any atom is 0.271 e. The number of non-ortho nitro benzene ring substituents is 1. The monoisotopic (exact) mass is 398 g/mol. The molecular formula is C16H15ClN2O6S. The average molecular weight is 399 g/mol. The van der Waals surface area contributed by atoms with Crippen LogP contribution in [0, 0.1) is 17.0 Å². The molecule has 3 rings (SSSR count). The molecule has 0 atom stereocenters. The van der Waals surface area contributed by atoms with Crippen LogP contribution >= 0.6 is 11.6 Å². The highest BCUT2D eigenvalue weighted by molar-refractivity contribution is 7.89. The number of sulfonamides is 1. The largest absolute Gasteiger partial charge is 0.507 e. The Morgan fingerprint density at radius 2 is 2.00 bits per heavy atom. The summed E-state index contributed by atoms with van der Waals surface area (Å²) in [5.74, 6) is -0.115. The molecule has 0 saturated heterocycles. The number of benzene rings is 2. The number of nitro groups is 1. The Morgan fingerprint density at radius 1 is 1.31 bits per heavy atom. The number of nitrogens with one attached hydrogen (secondary N) is 1. The fourth-order valence-corrected chi connectivity index (χ4v) is 4.04. The Labute approximate surface area is 154 Å². The van der Waals surface area contributed by atoms with Crippen molar-refractivity contribution in [3.05, 3.63) is 51.0 Å². The number of aromatic hydroxyl groups is 1. The number of nitrogens with zero attached hydrogens (tertiary/aromatic N) is 1. The van der Waals surface area contributed by atoms with E-state index in [-0.39, 0.29) is 33.1 Å². The standard InChI is InChI=1S/C16H15ClN2O6S/c1-9-6-11(19(21)22)7-13(17)16(9)25-12-4-5-14(20)15(8-12)26(23,24)18-10-2-3-10/h4-8,10,18,20H,2-3H2,1H3. The average Bonchev–Trinajstić information content (AvgIpc) is 3.35. The predicted molar refractivity (Wildman–Crippen MR) is 94.4 cm³/mol. The summed E-state index contributed by atoms with van der Waals surface area (Å²) in [7, 11) is -3.88. The Kier molecular flexibility index (Phi) is 4.78. The zero-order chi connectivity index (χ0) is 19.1. The van der Waals surface area contributed by atoms with Crippen molar-refractivity contribution in [2.24, 2.45) is 0 Å². The molecule has 10 heteroatoms. The Bertz CT molecular complexity index is 965. The summed E-state index contributed by atoms with van der Waals surface area (Å²) in [5.41, 5.74) is 0.236. The minimum Gasteiger partial charge on any atom is -0.507 e. The van der Waals surface area contributed by atoms with E-state index >= 15 is 0 Å². The van der Waals surface area contributed by atoms with Gasteiger partial charge >= 0.3 is 0 Å². The molecule has 0 aromatic heterocycles. The minimum absolute atomic E-state index is 0.0188. The maximum absolute atomic E-state index is 12.3. The number of aryl methyl sites for hydroxylation is 1. The summed E-state index contributed by atoms with van der Waals surface area (Å²) < 4.78 is 32.8. The fraction of sp³-hybridized carbons (Fsp3) is 0.250. The molecule has 0 radical (unpaired) electrons. The summed E-state index contributed by atoms with van der Waals surface area (Å²) >= 11 is 6.06. The summed E-state index contributed by atoms with van der Waals surface area (Å²) in [5, 5.41) is 20.8. The van der Waals surface area contributed by atoms with Gasteiger partial charge in [0.1, 0.15) is 22.1 Å². The van der Waals surface area contributed by atoms with E-state index in [9.17, 15) is 23.6 Å². The Balaban J connectivity index is 1.94. The van der Waals surface area contributed by atoms with Crippen molar-refractivity contribution in [1.82, 2.24) is 4.72 Å². The van der Waals surface area contributed by atoms with Crippen molar-refractivity contribution < 1.29 is 23.2 Å². The molecule has 0 spiro atoms. The highest BCUT2D eigenvalue weighted by Crippen LogP contribution is 2.38. The molecule has 0 aliphatic heterocycles. The van der Waals surface area contributed by atoms with E-state index in [2.05, 4.69) is 4.72 Å². The fourth-order valence-electron chi connectivity index (χ4n) is 2.32. The van der Waals surface area contributed by atoms with Crippen LogP contribution < -0.4 is 9.46 Å². The van der Waals surface area contributed by atoms with Crippen molar-refractivity contribution in [2.75, 3.05) is 0 Å². The van der Waals surface area contributed by atoms with Crippen LogP contribution in [0.15, 0.2) is 35.2 Å².